The minimum atomic E-state index is 0.221. The van der Waals surface area contributed by atoms with Crippen molar-refractivity contribution in [3.8, 4) is 11.1 Å². The lowest BCUT2D eigenvalue weighted by atomic mass is 9.84. The molecule has 21 heavy (non-hydrogen) atoms. The van der Waals surface area contributed by atoms with E-state index in [2.05, 4.69) is 69.3 Å². The van der Waals surface area contributed by atoms with Crippen molar-refractivity contribution in [2.24, 2.45) is 5.73 Å². The molecule has 0 spiro atoms. The highest BCUT2D eigenvalue weighted by Gasteiger charge is 2.47. The molecule has 1 aliphatic rings. The fraction of sp³-hybridized carbons (Fsp3) is 0.400. The fourth-order valence-corrected chi connectivity index (χ4v) is 3.38. The number of hydrogen-bond donors (Lipinski definition) is 1. The number of benzene rings is 2. The first kappa shape index (κ1) is 14.3. The van der Waals surface area contributed by atoms with E-state index < -0.39 is 0 Å². The predicted molar refractivity (Wildman–Crippen MR) is 90.5 cm³/mol. The van der Waals surface area contributed by atoms with Crippen LogP contribution >= 0.6 is 0 Å². The Bertz CT molecular complexity index is 622. The molecular weight excluding hydrogens is 254 g/mol. The second-order valence-corrected chi connectivity index (χ2v) is 6.77. The van der Waals surface area contributed by atoms with Gasteiger partial charge < -0.3 is 5.73 Å². The maximum atomic E-state index is 6.25. The quantitative estimate of drug-likeness (QED) is 0.850. The summed E-state index contributed by atoms with van der Waals surface area (Å²) < 4.78 is 0. The monoisotopic (exact) mass is 279 g/mol. The van der Waals surface area contributed by atoms with Gasteiger partial charge in [-0.05, 0) is 47.9 Å². The summed E-state index contributed by atoms with van der Waals surface area (Å²) in [5, 5.41) is 0. The van der Waals surface area contributed by atoms with E-state index in [1.807, 2.05) is 0 Å². The molecule has 1 heteroatoms. The Labute approximate surface area is 128 Å². The highest BCUT2D eigenvalue weighted by atomic mass is 14.7. The smallest absolute Gasteiger partial charge is 0.0108 e. The van der Waals surface area contributed by atoms with Gasteiger partial charge in [-0.1, -0.05) is 62.4 Å². The van der Waals surface area contributed by atoms with Crippen molar-refractivity contribution in [1.82, 2.24) is 0 Å². The van der Waals surface area contributed by atoms with Crippen LogP contribution in [0.4, 0.5) is 0 Å². The Balaban J connectivity index is 2.12. The van der Waals surface area contributed by atoms with Crippen LogP contribution in [0.25, 0.3) is 11.1 Å². The first-order valence-corrected chi connectivity index (χ1v) is 8.00. The first-order valence-electron chi connectivity index (χ1n) is 8.00. The molecule has 1 atom stereocenters. The molecule has 1 nitrogen and oxygen atoms in total. The summed E-state index contributed by atoms with van der Waals surface area (Å²) >= 11 is 0. The average Bonchev–Trinajstić information content (AvgIpc) is 3.29. The molecule has 1 saturated carbocycles. The van der Waals surface area contributed by atoms with E-state index in [0.717, 1.165) is 0 Å². The van der Waals surface area contributed by atoms with Crippen molar-refractivity contribution in [3.63, 3.8) is 0 Å². The zero-order valence-electron chi connectivity index (χ0n) is 13.3. The van der Waals surface area contributed by atoms with E-state index in [1.54, 1.807) is 0 Å². The molecule has 1 aliphatic carbocycles. The van der Waals surface area contributed by atoms with Crippen LogP contribution in [0.2, 0.25) is 0 Å². The second kappa shape index (κ2) is 5.31. The minimum Gasteiger partial charge on any atom is -0.327 e. The number of hydrogen-bond acceptors (Lipinski definition) is 1. The first-order chi connectivity index (χ1) is 10.0. The van der Waals surface area contributed by atoms with Crippen LogP contribution in [0.3, 0.4) is 0 Å². The summed E-state index contributed by atoms with van der Waals surface area (Å²) in [5.74, 6) is 0.528. The molecule has 0 amide bonds. The van der Waals surface area contributed by atoms with Crippen LogP contribution < -0.4 is 5.73 Å². The SMILES string of the molecule is CC(C)c1ccc(C2(C(C)N)CC2)cc1-c1ccccc1. The Morgan fingerprint density at radius 2 is 1.62 bits per heavy atom. The van der Waals surface area contributed by atoms with Crippen LogP contribution in [-0.2, 0) is 5.41 Å². The molecule has 110 valence electrons. The molecule has 2 aromatic carbocycles. The number of nitrogens with two attached hydrogens (primary N) is 1. The van der Waals surface area contributed by atoms with E-state index in [0.29, 0.717) is 5.92 Å². The number of rotatable bonds is 4. The van der Waals surface area contributed by atoms with Crippen molar-refractivity contribution >= 4 is 0 Å². The van der Waals surface area contributed by atoms with Crippen LogP contribution in [-0.4, -0.2) is 6.04 Å². The van der Waals surface area contributed by atoms with E-state index in [1.165, 1.54) is 35.1 Å². The minimum absolute atomic E-state index is 0.221. The van der Waals surface area contributed by atoms with Gasteiger partial charge in [-0.3, -0.25) is 0 Å². The van der Waals surface area contributed by atoms with E-state index in [9.17, 15) is 0 Å². The van der Waals surface area contributed by atoms with Gasteiger partial charge in [-0.25, -0.2) is 0 Å². The van der Waals surface area contributed by atoms with E-state index in [4.69, 9.17) is 5.73 Å². The van der Waals surface area contributed by atoms with E-state index >= 15 is 0 Å². The molecule has 0 aromatic heterocycles. The van der Waals surface area contributed by atoms with Crippen molar-refractivity contribution in [2.75, 3.05) is 0 Å². The van der Waals surface area contributed by atoms with Gasteiger partial charge in [0.1, 0.15) is 0 Å². The molecule has 0 aliphatic heterocycles. The Morgan fingerprint density at radius 3 is 2.14 bits per heavy atom. The van der Waals surface area contributed by atoms with Crippen molar-refractivity contribution < 1.29 is 0 Å². The molecule has 3 rings (SSSR count). The highest BCUT2D eigenvalue weighted by molar-refractivity contribution is 5.69. The lowest BCUT2D eigenvalue weighted by Crippen LogP contribution is -2.31. The van der Waals surface area contributed by atoms with Gasteiger partial charge in [0, 0.05) is 11.5 Å². The third kappa shape index (κ3) is 2.51. The third-order valence-corrected chi connectivity index (χ3v) is 5.00. The molecule has 1 unspecified atom stereocenters. The third-order valence-electron chi connectivity index (χ3n) is 5.00. The second-order valence-electron chi connectivity index (χ2n) is 6.77. The van der Waals surface area contributed by atoms with Crippen molar-refractivity contribution in [2.45, 2.75) is 51.0 Å². The molecule has 0 saturated heterocycles. The van der Waals surface area contributed by atoms with Crippen molar-refractivity contribution in [3.05, 3.63) is 59.7 Å². The Morgan fingerprint density at radius 1 is 0.952 bits per heavy atom. The lowest BCUT2D eigenvalue weighted by Gasteiger charge is -2.23. The van der Waals surface area contributed by atoms with Crippen LogP contribution in [0.1, 0.15) is 50.7 Å². The molecule has 0 bridgehead atoms. The molecule has 0 heterocycles. The Kier molecular flexibility index (Phi) is 3.62. The predicted octanol–water partition coefficient (Wildman–Crippen LogP) is 4.86. The zero-order valence-corrected chi connectivity index (χ0v) is 13.3. The standard InChI is InChI=1S/C20H25N/c1-14(2)18-10-9-17(20(11-12-20)15(3)21)13-19(18)16-7-5-4-6-8-16/h4-10,13-15H,11-12,21H2,1-3H3. The molecule has 2 aromatic rings. The van der Waals surface area contributed by atoms with Crippen LogP contribution in [0.5, 0.6) is 0 Å². The molecule has 0 radical (unpaired) electrons. The van der Waals surface area contributed by atoms with E-state index in [-0.39, 0.29) is 11.5 Å². The summed E-state index contributed by atoms with van der Waals surface area (Å²) in [7, 11) is 0. The maximum Gasteiger partial charge on any atom is 0.0108 e. The summed E-state index contributed by atoms with van der Waals surface area (Å²) in [6, 6.07) is 17.9. The summed E-state index contributed by atoms with van der Waals surface area (Å²) in [4.78, 5) is 0. The van der Waals surface area contributed by atoms with Crippen LogP contribution in [0, 0.1) is 0 Å². The van der Waals surface area contributed by atoms with Gasteiger partial charge in [0.2, 0.25) is 0 Å². The topological polar surface area (TPSA) is 26.0 Å². The molecular formula is C20H25N. The van der Waals surface area contributed by atoms with Gasteiger partial charge >= 0.3 is 0 Å². The van der Waals surface area contributed by atoms with Gasteiger partial charge in [-0.2, -0.15) is 0 Å². The maximum absolute atomic E-state index is 6.25. The van der Waals surface area contributed by atoms with Crippen molar-refractivity contribution in [1.29, 1.82) is 0 Å². The normalized spacial score (nSPS) is 17.8. The Hall–Kier alpha value is -1.60. The summed E-state index contributed by atoms with van der Waals surface area (Å²) in [6.07, 6.45) is 2.44. The largest absolute Gasteiger partial charge is 0.327 e. The summed E-state index contributed by atoms with van der Waals surface area (Å²) in [6.45, 7) is 6.67. The van der Waals surface area contributed by atoms with Gasteiger partial charge in [0.05, 0.1) is 0 Å². The molecule has 1 fully saturated rings. The van der Waals surface area contributed by atoms with Gasteiger partial charge in [0.15, 0.2) is 0 Å². The van der Waals surface area contributed by atoms with Gasteiger partial charge in [-0.15, -0.1) is 0 Å². The average molecular weight is 279 g/mol. The van der Waals surface area contributed by atoms with Crippen LogP contribution in [0.15, 0.2) is 48.5 Å². The van der Waals surface area contributed by atoms with Gasteiger partial charge in [0.25, 0.3) is 0 Å². The highest BCUT2D eigenvalue weighted by Crippen LogP contribution is 2.51. The zero-order chi connectivity index (χ0) is 15.0. The lowest BCUT2D eigenvalue weighted by molar-refractivity contribution is 0.556. The molecule has 2 N–H and O–H groups in total. The summed E-state index contributed by atoms with van der Waals surface area (Å²) in [5.41, 5.74) is 12.0. The fourth-order valence-electron chi connectivity index (χ4n) is 3.38.